The van der Waals surface area contributed by atoms with Gasteiger partial charge in [-0.1, -0.05) is 0 Å². The van der Waals surface area contributed by atoms with Gasteiger partial charge in [-0.2, -0.15) is 0 Å². The van der Waals surface area contributed by atoms with E-state index in [1.54, 1.807) is 0 Å². The molecule has 1 aromatic rings. The van der Waals surface area contributed by atoms with Gasteiger partial charge in [-0.3, -0.25) is 4.79 Å². The third-order valence-electron chi connectivity index (χ3n) is 3.33. The minimum atomic E-state index is -0.219. The van der Waals surface area contributed by atoms with Gasteiger partial charge >= 0.3 is 0 Å². The van der Waals surface area contributed by atoms with E-state index in [4.69, 9.17) is 9.47 Å². The zero-order valence-corrected chi connectivity index (χ0v) is 9.70. The Morgan fingerprint density at radius 2 is 2.12 bits per heavy atom. The van der Waals surface area contributed by atoms with Crippen LogP contribution in [0.15, 0.2) is 4.79 Å². The molecular weight excluding hydrogens is 220 g/mol. The van der Waals surface area contributed by atoms with Gasteiger partial charge in [-0.15, -0.1) is 0 Å². The maximum absolute atomic E-state index is 11.9. The van der Waals surface area contributed by atoms with E-state index in [1.165, 1.54) is 0 Å². The van der Waals surface area contributed by atoms with Gasteiger partial charge in [0.15, 0.2) is 0 Å². The van der Waals surface area contributed by atoms with Gasteiger partial charge in [0.1, 0.15) is 11.9 Å². The molecule has 0 bridgehead atoms. The molecule has 1 aliphatic carbocycles. The lowest BCUT2D eigenvalue weighted by Crippen LogP contribution is -2.29. The molecule has 0 amide bonds. The molecule has 1 saturated heterocycles. The van der Waals surface area contributed by atoms with E-state index in [0.717, 1.165) is 36.9 Å². The van der Waals surface area contributed by atoms with Gasteiger partial charge < -0.3 is 14.5 Å². The monoisotopic (exact) mass is 236 g/mol. The van der Waals surface area contributed by atoms with E-state index in [0.29, 0.717) is 25.6 Å². The molecule has 0 aromatic carbocycles. The molecule has 1 N–H and O–H groups in total. The minimum absolute atomic E-state index is 0.00104. The molecule has 0 radical (unpaired) electrons. The molecule has 1 aliphatic heterocycles. The summed E-state index contributed by atoms with van der Waals surface area (Å²) in [7, 11) is 0. The predicted octanol–water partition coefficient (Wildman–Crippen LogP) is 0.737. The lowest BCUT2D eigenvalue weighted by Gasteiger charge is -2.23. The molecule has 1 fully saturated rings. The molecule has 5 heteroatoms. The van der Waals surface area contributed by atoms with Crippen LogP contribution in [0.25, 0.3) is 0 Å². The first-order valence-corrected chi connectivity index (χ1v) is 6.16. The van der Waals surface area contributed by atoms with Gasteiger partial charge in [0.25, 0.3) is 5.56 Å². The summed E-state index contributed by atoms with van der Waals surface area (Å²) in [4.78, 5) is 19.3. The Hall–Kier alpha value is -1.20. The second-order valence-corrected chi connectivity index (χ2v) is 4.52. The molecule has 1 aromatic heterocycles. The maximum Gasteiger partial charge on any atom is 0.254 e. The number of hydrogen-bond donors (Lipinski definition) is 1. The van der Waals surface area contributed by atoms with Crippen LogP contribution in [0.2, 0.25) is 0 Å². The normalized spacial score (nSPS) is 24.4. The van der Waals surface area contributed by atoms with Crippen molar-refractivity contribution in [2.45, 2.75) is 31.8 Å². The fourth-order valence-corrected chi connectivity index (χ4v) is 2.42. The summed E-state index contributed by atoms with van der Waals surface area (Å²) in [6.07, 6.45) is 3.73. The summed E-state index contributed by atoms with van der Waals surface area (Å²) >= 11 is 0. The van der Waals surface area contributed by atoms with Crippen LogP contribution in [0.3, 0.4) is 0 Å². The summed E-state index contributed by atoms with van der Waals surface area (Å²) < 4.78 is 10.9. The number of aromatic nitrogens is 2. The van der Waals surface area contributed by atoms with Crippen LogP contribution in [0.5, 0.6) is 0 Å². The van der Waals surface area contributed by atoms with Crippen LogP contribution in [0.1, 0.15) is 36.0 Å². The number of nitrogens with one attached hydrogen (secondary N) is 1. The minimum Gasteiger partial charge on any atom is -0.376 e. The van der Waals surface area contributed by atoms with Crippen molar-refractivity contribution in [2.24, 2.45) is 0 Å². The third-order valence-corrected chi connectivity index (χ3v) is 3.33. The van der Waals surface area contributed by atoms with Crippen molar-refractivity contribution in [3.05, 3.63) is 27.4 Å². The number of aryl methyl sites for hydroxylation is 1. The van der Waals surface area contributed by atoms with Gasteiger partial charge in [0.05, 0.1) is 25.5 Å². The first-order chi connectivity index (χ1) is 8.34. The van der Waals surface area contributed by atoms with E-state index in [-0.39, 0.29) is 11.7 Å². The molecule has 5 nitrogen and oxygen atoms in total. The van der Waals surface area contributed by atoms with Gasteiger partial charge in [0.2, 0.25) is 0 Å². The van der Waals surface area contributed by atoms with Crippen molar-refractivity contribution in [1.29, 1.82) is 0 Å². The highest BCUT2D eigenvalue weighted by atomic mass is 16.6. The Morgan fingerprint density at radius 3 is 2.94 bits per heavy atom. The first kappa shape index (κ1) is 10.9. The molecular formula is C12H16N2O3. The number of rotatable bonds is 1. The van der Waals surface area contributed by atoms with Crippen molar-refractivity contribution in [3.8, 4) is 0 Å². The van der Waals surface area contributed by atoms with Crippen molar-refractivity contribution < 1.29 is 9.47 Å². The zero-order chi connectivity index (χ0) is 11.7. The van der Waals surface area contributed by atoms with Crippen LogP contribution in [-0.4, -0.2) is 29.8 Å². The second-order valence-electron chi connectivity index (χ2n) is 4.52. The van der Waals surface area contributed by atoms with Crippen molar-refractivity contribution >= 4 is 0 Å². The topological polar surface area (TPSA) is 64.2 Å². The van der Waals surface area contributed by atoms with Gasteiger partial charge in [-0.05, 0) is 25.7 Å². The van der Waals surface area contributed by atoms with Crippen LogP contribution < -0.4 is 5.56 Å². The number of hydrogen-bond acceptors (Lipinski definition) is 4. The second kappa shape index (κ2) is 4.58. The van der Waals surface area contributed by atoms with Crippen molar-refractivity contribution in [2.75, 3.05) is 19.8 Å². The predicted molar refractivity (Wildman–Crippen MR) is 61.0 cm³/mol. The Bertz CT molecular complexity index is 463. The number of aromatic amines is 1. The van der Waals surface area contributed by atoms with E-state index in [1.807, 2.05) is 0 Å². The molecule has 1 unspecified atom stereocenters. The molecule has 0 saturated carbocycles. The van der Waals surface area contributed by atoms with Crippen molar-refractivity contribution in [3.63, 3.8) is 0 Å². The highest BCUT2D eigenvalue weighted by Crippen LogP contribution is 2.20. The van der Waals surface area contributed by atoms with E-state index in [2.05, 4.69) is 9.97 Å². The number of H-pyrrole nitrogens is 1. The lowest BCUT2D eigenvalue weighted by molar-refractivity contribution is -0.0937. The van der Waals surface area contributed by atoms with Crippen molar-refractivity contribution in [1.82, 2.24) is 9.97 Å². The summed E-state index contributed by atoms with van der Waals surface area (Å²) in [6.45, 7) is 1.65. The highest BCUT2D eigenvalue weighted by Gasteiger charge is 2.22. The maximum atomic E-state index is 11.9. The van der Waals surface area contributed by atoms with Crippen LogP contribution in [0.4, 0.5) is 0 Å². The van der Waals surface area contributed by atoms with Crippen LogP contribution in [-0.2, 0) is 22.3 Å². The third kappa shape index (κ3) is 2.12. The lowest BCUT2D eigenvalue weighted by atomic mass is 9.97. The smallest absolute Gasteiger partial charge is 0.254 e. The average Bonchev–Trinajstić information content (AvgIpc) is 2.40. The van der Waals surface area contributed by atoms with Crippen LogP contribution >= 0.6 is 0 Å². The largest absolute Gasteiger partial charge is 0.376 e. The Kier molecular flexibility index (Phi) is 2.94. The Morgan fingerprint density at radius 1 is 1.24 bits per heavy atom. The standard InChI is InChI=1S/C12H16N2O3/c15-12-8-3-1-2-4-9(8)13-11(14-12)10-7-16-5-6-17-10/h10H,1-7H2,(H,13,14,15). The number of nitrogens with zero attached hydrogens (tertiary/aromatic N) is 1. The molecule has 17 heavy (non-hydrogen) atoms. The summed E-state index contributed by atoms with van der Waals surface area (Å²) in [5.41, 5.74) is 1.81. The SMILES string of the molecule is O=c1[nH]c(C2COCCO2)nc2c1CCCC2. The van der Waals surface area contributed by atoms with Gasteiger partial charge in [-0.25, -0.2) is 4.98 Å². The number of fused-ring (bicyclic) bond motifs is 1. The summed E-state index contributed by atoms with van der Waals surface area (Å²) in [5, 5.41) is 0. The molecule has 2 heterocycles. The molecule has 1 atom stereocenters. The average molecular weight is 236 g/mol. The fourth-order valence-electron chi connectivity index (χ4n) is 2.42. The van der Waals surface area contributed by atoms with E-state index in [9.17, 15) is 4.79 Å². The van der Waals surface area contributed by atoms with E-state index < -0.39 is 0 Å². The molecule has 2 aliphatic rings. The quantitative estimate of drug-likeness (QED) is 0.781. The highest BCUT2D eigenvalue weighted by molar-refractivity contribution is 5.21. The molecule has 3 rings (SSSR count). The fraction of sp³-hybridized carbons (Fsp3) is 0.667. The summed E-state index contributed by atoms with van der Waals surface area (Å²) in [6, 6.07) is 0. The Balaban J connectivity index is 1.95. The summed E-state index contributed by atoms with van der Waals surface area (Å²) in [5.74, 6) is 0.621. The zero-order valence-electron chi connectivity index (χ0n) is 9.70. The van der Waals surface area contributed by atoms with Crippen LogP contribution in [0, 0.1) is 0 Å². The first-order valence-electron chi connectivity index (χ1n) is 6.16. The van der Waals surface area contributed by atoms with Gasteiger partial charge in [0, 0.05) is 5.56 Å². The molecule has 0 spiro atoms. The van der Waals surface area contributed by atoms with E-state index >= 15 is 0 Å². The molecule has 92 valence electrons. The Labute approximate surface area is 99.2 Å². The number of ether oxygens (including phenoxy) is 2.